The van der Waals surface area contributed by atoms with Crippen LogP contribution in [0.1, 0.15) is 31.6 Å². The van der Waals surface area contributed by atoms with Crippen molar-refractivity contribution in [1.29, 1.82) is 0 Å². The molecule has 0 aromatic carbocycles. The second-order valence-electron chi connectivity index (χ2n) is 6.20. The van der Waals surface area contributed by atoms with Crippen LogP contribution >= 0.6 is 11.3 Å². The Bertz CT molecular complexity index is 621. The summed E-state index contributed by atoms with van der Waals surface area (Å²) in [4.78, 5) is 15.4. The Labute approximate surface area is 148 Å². The Morgan fingerprint density at radius 1 is 1.25 bits per heavy atom. The van der Waals surface area contributed by atoms with Crippen LogP contribution in [-0.2, 0) is 19.6 Å². The van der Waals surface area contributed by atoms with Crippen LogP contribution in [-0.4, -0.2) is 68.2 Å². The molecule has 8 heteroatoms. The number of nitrogens with zero attached hydrogens (tertiary/aromatic N) is 2. The zero-order valence-corrected chi connectivity index (χ0v) is 16.1. The predicted molar refractivity (Wildman–Crippen MR) is 95.8 cm³/mol. The van der Waals surface area contributed by atoms with Crippen LogP contribution in [0, 0.1) is 0 Å². The maximum absolute atomic E-state index is 12.5. The number of rotatable bonds is 7. The van der Waals surface area contributed by atoms with Crippen LogP contribution in [0.25, 0.3) is 0 Å². The molecule has 1 amide bonds. The van der Waals surface area contributed by atoms with Gasteiger partial charge in [-0.25, -0.2) is 8.42 Å². The summed E-state index contributed by atoms with van der Waals surface area (Å²) in [5.74, 6) is -0.115. The van der Waals surface area contributed by atoms with Gasteiger partial charge < -0.3 is 9.64 Å². The van der Waals surface area contributed by atoms with Crippen molar-refractivity contribution in [3.63, 3.8) is 0 Å². The number of thiophene rings is 1. The van der Waals surface area contributed by atoms with Gasteiger partial charge in [-0.15, -0.1) is 11.3 Å². The molecule has 1 unspecified atom stereocenters. The molecule has 1 fully saturated rings. The van der Waals surface area contributed by atoms with Crippen molar-refractivity contribution in [2.24, 2.45) is 0 Å². The summed E-state index contributed by atoms with van der Waals surface area (Å²) in [6.07, 6.45) is 0.0217. The molecular weight excluding hydrogens is 348 g/mol. The molecule has 0 N–H and O–H groups in total. The minimum Gasteiger partial charge on any atom is -0.378 e. The van der Waals surface area contributed by atoms with Crippen LogP contribution in [0.2, 0.25) is 0 Å². The fourth-order valence-corrected chi connectivity index (χ4v) is 4.70. The van der Waals surface area contributed by atoms with E-state index in [0.717, 1.165) is 4.88 Å². The number of piperazine rings is 1. The Hall–Kier alpha value is -0.960. The molecule has 1 aromatic heterocycles. The Balaban J connectivity index is 1.85. The molecule has 0 saturated carbocycles. The van der Waals surface area contributed by atoms with E-state index in [2.05, 4.69) is 0 Å². The molecule has 0 aliphatic carbocycles. The molecule has 1 aliphatic heterocycles. The SMILES string of the molecule is CC(C)OCCS(=O)(=O)N1CCN(C(=O)C(C)c2cccs2)CC1. The van der Waals surface area contributed by atoms with Crippen molar-refractivity contribution in [3.05, 3.63) is 22.4 Å². The maximum Gasteiger partial charge on any atom is 0.230 e. The molecule has 0 radical (unpaired) electrons. The number of amides is 1. The minimum absolute atomic E-state index is 0.00920. The lowest BCUT2D eigenvalue weighted by molar-refractivity contribution is -0.133. The van der Waals surface area contributed by atoms with E-state index in [4.69, 9.17) is 4.74 Å². The summed E-state index contributed by atoms with van der Waals surface area (Å²) in [5.41, 5.74) is 0. The standard InChI is InChI=1S/C16H26N2O4S2/c1-13(2)22-10-12-24(20,21)18-8-6-17(7-9-18)16(19)14(3)15-5-4-11-23-15/h4-5,11,13-14H,6-10,12H2,1-3H3. The number of ether oxygens (including phenoxy) is 1. The van der Waals surface area contributed by atoms with E-state index in [-0.39, 0.29) is 30.3 Å². The zero-order valence-electron chi connectivity index (χ0n) is 14.5. The highest BCUT2D eigenvalue weighted by Crippen LogP contribution is 2.23. The van der Waals surface area contributed by atoms with Gasteiger partial charge in [-0.1, -0.05) is 6.07 Å². The first-order chi connectivity index (χ1) is 11.3. The fourth-order valence-electron chi connectivity index (χ4n) is 2.64. The van der Waals surface area contributed by atoms with E-state index in [1.165, 1.54) is 4.31 Å². The van der Waals surface area contributed by atoms with Gasteiger partial charge in [-0.05, 0) is 32.2 Å². The largest absolute Gasteiger partial charge is 0.378 e. The van der Waals surface area contributed by atoms with E-state index >= 15 is 0 Å². The zero-order chi connectivity index (χ0) is 17.7. The summed E-state index contributed by atoms with van der Waals surface area (Å²) in [7, 11) is -3.32. The predicted octanol–water partition coefficient (Wildman–Crippen LogP) is 1.75. The van der Waals surface area contributed by atoms with Crippen LogP contribution in [0.15, 0.2) is 17.5 Å². The lowest BCUT2D eigenvalue weighted by Crippen LogP contribution is -2.52. The van der Waals surface area contributed by atoms with Gasteiger partial charge in [0.2, 0.25) is 15.9 Å². The molecule has 1 atom stereocenters. The summed E-state index contributed by atoms with van der Waals surface area (Å²) in [5, 5.41) is 1.96. The Morgan fingerprint density at radius 2 is 1.92 bits per heavy atom. The number of hydrogen-bond donors (Lipinski definition) is 0. The van der Waals surface area contributed by atoms with Crippen LogP contribution in [0.3, 0.4) is 0 Å². The summed E-state index contributed by atoms with van der Waals surface area (Å²) in [6.45, 7) is 7.46. The van der Waals surface area contributed by atoms with Gasteiger partial charge in [0.05, 0.1) is 24.4 Å². The molecule has 1 aromatic rings. The van der Waals surface area contributed by atoms with Crippen LogP contribution in [0.5, 0.6) is 0 Å². The molecule has 1 saturated heterocycles. The number of sulfonamides is 1. The first-order valence-corrected chi connectivity index (χ1v) is 10.7. The van der Waals surface area contributed by atoms with Crippen molar-refractivity contribution in [3.8, 4) is 0 Å². The van der Waals surface area contributed by atoms with Gasteiger partial charge in [0, 0.05) is 31.1 Å². The molecule has 2 heterocycles. The van der Waals surface area contributed by atoms with Crippen LogP contribution in [0.4, 0.5) is 0 Å². The molecule has 1 aliphatic rings. The highest BCUT2D eigenvalue weighted by atomic mass is 32.2. The molecule has 6 nitrogen and oxygen atoms in total. The number of hydrogen-bond acceptors (Lipinski definition) is 5. The average Bonchev–Trinajstić information content (AvgIpc) is 3.07. The van der Waals surface area contributed by atoms with Gasteiger partial charge >= 0.3 is 0 Å². The second kappa shape index (κ2) is 8.42. The third-order valence-electron chi connectivity index (χ3n) is 4.08. The highest BCUT2D eigenvalue weighted by molar-refractivity contribution is 7.89. The first kappa shape index (κ1) is 19.4. The molecule has 2 rings (SSSR count). The normalized spacial score (nSPS) is 18.1. The van der Waals surface area contributed by atoms with E-state index in [1.807, 2.05) is 38.3 Å². The van der Waals surface area contributed by atoms with Crippen molar-refractivity contribution < 1.29 is 17.9 Å². The fraction of sp³-hybridized carbons (Fsp3) is 0.688. The number of carbonyl (C=O) groups is 1. The monoisotopic (exact) mass is 374 g/mol. The van der Waals surface area contributed by atoms with E-state index in [0.29, 0.717) is 26.2 Å². The molecule has 24 heavy (non-hydrogen) atoms. The Morgan fingerprint density at radius 3 is 2.46 bits per heavy atom. The maximum atomic E-state index is 12.5. The molecule has 136 valence electrons. The average molecular weight is 375 g/mol. The third kappa shape index (κ3) is 5.02. The van der Waals surface area contributed by atoms with Gasteiger partial charge in [-0.3, -0.25) is 4.79 Å². The van der Waals surface area contributed by atoms with Crippen molar-refractivity contribution in [1.82, 2.24) is 9.21 Å². The van der Waals surface area contributed by atoms with Gasteiger partial charge in [0.25, 0.3) is 0 Å². The summed E-state index contributed by atoms with van der Waals surface area (Å²) in [6, 6.07) is 3.90. The summed E-state index contributed by atoms with van der Waals surface area (Å²) < 4.78 is 31.4. The number of carbonyl (C=O) groups excluding carboxylic acids is 1. The van der Waals surface area contributed by atoms with E-state index in [9.17, 15) is 13.2 Å². The summed E-state index contributed by atoms with van der Waals surface area (Å²) >= 11 is 1.57. The van der Waals surface area contributed by atoms with E-state index in [1.54, 1.807) is 16.2 Å². The van der Waals surface area contributed by atoms with Gasteiger partial charge in [0.1, 0.15) is 0 Å². The lowest BCUT2D eigenvalue weighted by atomic mass is 10.1. The lowest BCUT2D eigenvalue weighted by Gasteiger charge is -2.35. The smallest absolute Gasteiger partial charge is 0.230 e. The third-order valence-corrected chi connectivity index (χ3v) is 6.97. The molecule has 0 spiro atoms. The first-order valence-electron chi connectivity index (χ1n) is 8.23. The minimum atomic E-state index is -3.32. The topological polar surface area (TPSA) is 66.9 Å². The highest BCUT2D eigenvalue weighted by Gasteiger charge is 2.30. The van der Waals surface area contributed by atoms with Gasteiger partial charge in [-0.2, -0.15) is 4.31 Å². The van der Waals surface area contributed by atoms with Crippen molar-refractivity contribution in [2.45, 2.75) is 32.8 Å². The van der Waals surface area contributed by atoms with Gasteiger partial charge in [0.15, 0.2) is 0 Å². The second-order valence-corrected chi connectivity index (χ2v) is 9.26. The molecule has 0 bridgehead atoms. The van der Waals surface area contributed by atoms with Crippen LogP contribution < -0.4 is 0 Å². The quantitative estimate of drug-likeness (QED) is 0.729. The van der Waals surface area contributed by atoms with Crippen molar-refractivity contribution in [2.75, 3.05) is 38.5 Å². The Kier molecular flexibility index (Phi) is 6.79. The van der Waals surface area contributed by atoms with Crippen molar-refractivity contribution >= 4 is 27.3 Å². The molecular formula is C16H26N2O4S2. The van der Waals surface area contributed by atoms with E-state index < -0.39 is 10.0 Å².